The summed E-state index contributed by atoms with van der Waals surface area (Å²) in [6, 6.07) is 20.4. The van der Waals surface area contributed by atoms with E-state index in [0.717, 1.165) is 11.1 Å². The summed E-state index contributed by atoms with van der Waals surface area (Å²) in [5.74, 6) is -1.05. The van der Waals surface area contributed by atoms with Crippen LogP contribution in [0.25, 0.3) is 0 Å². The van der Waals surface area contributed by atoms with Crippen LogP contribution in [0.15, 0.2) is 72.9 Å². The Hall–Kier alpha value is -3.18. The molecule has 0 spiro atoms. The molecular formula is C21H17ClN2O3. The number of para-hydroxylation sites is 1. The predicted octanol–water partition coefficient (Wildman–Crippen LogP) is 4.12. The van der Waals surface area contributed by atoms with E-state index in [1.54, 1.807) is 0 Å². The number of esters is 1. The second kappa shape index (κ2) is 8.96. The maximum Gasteiger partial charge on any atom is 0.338 e. The quantitative estimate of drug-likeness (QED) is 0.516. The number of carbonyl (C=O) groups is 2. The number of benzene rings is 2. The van der Waals surface area contributed by atoms with Crippen LogP contribution in [0.2, 0.25) is 5.15 Å². The first-order chi connectivity index (χ1) is 13.1. The summed E-state index contributed by atoms with van der Waals surface area (Å²) in [6.07, 6.45) is 2.09. The molecule has 27 heavy (non-hydrogen) atoms. The average molecular weight is 381 g/mol. The highest BCUT2D eigenvalue weighted by Gasteiger charge is 2.12. The number of ether oxygens (including phenoxy) is 1. The van der Waals surface area contributed by atoms with Crippen LogP contribution < -0.4 is 5.32 Å². The van der Waals surface area contributed by atoms with Gasteiger partial charge in [0, 0.05) is 11.9 Å². The maximum atomic E-state index is 12.2. The largest absolute Gasteiger partial charge is 0.452 e. The van der Waals surface area contributed by atoms with Crippen LogP contribution >= 0.6 is 11.6 Å². The molecule has 6 heteroatoms. The van der Waals surface area contributed by atoms with Crippen molar-refractivity contribution in [2.75, 3.05) is 11.9 Å². The molecule has 1 heterocycles. The van der Waals surface area contributed by atoms with E-state index in [4.69, 9.17) is 16.3 Å². The summed E-state index contributed by atoms with van der Waals surface area (Å²) in [5.41, 5.74) is 3.05. The van der Waals surface area contributed by atoms with E-state index in [9.17, 15) is 9.59 Å². The smallest absolute Gasteiger partial charge is 0.338 e. The topological polar surface area (TPSA) is 68.3 Å². The zero-order valence-corrected chi connectivity index (χ0v) is 15.1. The van der Waals surface area contributed by atoms with Crippen LogP contribution in [-0.4, -0.2) is 23.5 Å². The minimum absolute atomic E-state index is 0.184. The summed E-state index contributed by atoms with van der Waals surface area (Å²) in [7, 11) is 0. The van der Waals surface area contributed by atoms with Gasteiger partial charge in [0.05, 0.1) is 5.56 Å². The van der Waals surface area contributed by atoms with Crippen molar-refractivity contribution in [2.24, 2.45) is 0 Å². The number of hydrogen-bond acceptors (Lipinski definition) is 4. The van der Waals surface area contributed by atoms with Crippen LogP contribution in [0.5, 0.6) is 0 Å². The molecule has 0 bridgehead atoms. The lowest BCUT2D eigenvalue weighted by Crippen LogP contribution is -2.21. The summed E-state index contributed by atoms with van der Waals surface area (Å²) in [6.45, 7) is -0.390. The maximum absolute atomic E-state index is 12.2. The van der Waals surface area contributed by atoms with Crippen molar-refractivity contribution in [3.8, 4) is 0 Å². The zero-order valence-electron chi connectivity index (χ0n) is 14.4. The molecule has 0 saturated heterocycles. The Morgan fingerprint density at radius 3 is 2.52 bits per heavy atom. The lowest BCUT2D eigenvalue weighted by atomic mass is 10.0. The van der Waals surface area contributed by atoms with Gasteiger partial charge >= 0.3 is 5.97 Å². The number of amides is 1. The molecular weight excluding hydrogens is 364 g/mol. The highest BCUT2D eigenvalue weighted by atomic mass is 35.5. The van der Waals surface area contributed by atoms with Gasteiger partial charge in [-0.3, -0.25) is 4.79 Å². The number of carbonyl (C=O) groups excluding carboxylic acids is 2. The number of hydrogen-bond donors (Lipinski definition) is 1. The van der Waals surface area contributed by atoms with Crippen molar-refractivity contribution < 1.29 is 14.3 Å². The molecule has 0 radical (unpaired) electrons. The molecule has 0 atom stereocenters. The van der Waals surface area contributed by atoms with Crippen molar-refractivity contribution in [3.05, 3.63) is 94.8 Å². The second-order valence-electron chi connectivity index (χ2n) is 5.81. The van der Waals surface area contributed by atoms with Gasteiger partial charge < -0.3 is 10.1 Å². The van der Waals surface area contributed by atoms with E-state index in [2.05, 4.69) is 10.3 Å². The Balaban J connectivity index is 1.60. The van der Waals surface area contributed by atoms with E-state index in [1.165, 1.54) is 18.3 Å². The molecule has 136 valence electrons. The lowest BCUT2D eigenvalue weighted by Gasteiger charge is -2.11. The Morgan fingerprint density at radius 1 is 1.00 bits per heavy atom. The fourth-order valence-electron chi connectivity index (χ4n) is 2.54. The minimum Gasteiger partial charge on any atom is -0.452 e. The van der Waals surface area contributed by atoms with Gasteiger partial charge in [-0.25, -0.2) is 9.78 Å². The molecule has 0 saturated carbocycles. The molecule has 3 aromatic rings. The third-order valence-electron chi connectivity index (χ3n) is 3.83. The molecule has 0 aliphatic heterocycles. The number of anilines is 1. The first-order valence-electron chi connectivity index (χ1n) is 8.32. The standard InChI is InChI=1S/C21H17ClN2O3/c22-19-13-17(10-11-23-19)21(26)27-14-20(25)24-18-9-5-4-8-16(18)12-15-6-2-1-3-7-15/h1-11,13H,12,14H2,(H,24,25). The molecule has 1 amide bonds. The van der Waals surface area contributed by atoms with Gasteiger partial charge in [-0.2, -0.15) is 0 Å². The zero-order chi connectivity index (χ0) is 19.1. The predicted molar refractivity (Wildman–Crippen MR) is 104 cm³/mol. The van der Waals surface area contributed by atoms with Gasteiger partial charge in [-0.05, 0) is 35.7 Å². The third-order valence-corrected chi connectivity index (χ3v) is 4.03. The van der Waals surface area contributed by atoms with Gasteiger partial charge in [-0.1, -0.05) is 60.1 Å². The first-order valence-corrected chi connectivity index (χ1v) is 8.70. The van der Waals surface area contributed by atoms with Crippen LogP contribution in [0.3, 0.4) is 0 Å². The molecule has 0 aliphatic carbocycles. The van der Waals surface area contributed by atoms with Gasteiger partial charge in [-0.15, -0.1) is 0 Å². The summed E-state index contributed by atoms with van der Waals surface area (Å²) >= 11 is 5.74. The van der Waals surface area contributed by atoms with Gasteiger partial charge in [0.25, 0.3) is 5.91 Å². The molecule has 1 aromatic heterocycles. The van der Waals surface area contributed by atoms with Crippen LogP contribution in [0.1, 0.15) is 21.5 Å². The summed E-state index contributed by atoms with van der Waals surface area (Å²) < 4.78 is 5.04. The SMILES string of the molecule is O=C(COC(=O)c1ccnc(Cl)c1)Nc1ccccc1Cc1ccccc1. The van der Waals surface area contributed by atoms with E-state index in [0.29, 0.717) is 12.1 Å². The van der Waals surface area contributed by atoms with E-state index < -0.39 is 18.5 Å². The van der Waals surface area contributed by atoms with Crippen LogP contribution in [0, 0.1) is 0 Å². The van der Waals surface area contributed by atoms with Gasteiger partial charge in [0.1, 0.15) is 5.15 Å². The van der Waals surface area contributed by atoms with Gasteiger partial charge in [0.15, 0.2) is 6.61 Å². The van der Waals surface area contributed by atoms with Crippen molar-refractivity contribution in [3.63, 3.8) is 0 Å². The Morgan fingerprint density at radius 2 is 1.74 bits per heavy atom. The fraction of sp³-hybridized carbons (Fsp3) is 0.0952. The molecule has 1 N–H and O–H groups in total. The normalized spacial score (nSPS) is 10.3. The highest BCUT2D eigenvalue weighted by Crippen LogP contribution is 2.19. The third kappa shape index (κ3) is 5.39. The molecule has 0 aliphatic rings. The van der Waals surface area contributed by atoms with Crippen LogP contribution in [-0.2, 0) is 16.0 Å². The molecule has 5 nitrogen and oxygen atoms in total. The molecule has 3 rings (SSSR count). The Labute approximate surface area is 162 Å². The number of nitrogens with one attached hydrogen (secondary N) is 1. The Bertz CT molecular complexity index is 945. The number of halogens is 1. The average Bonchev–Trinajstić information content (AvgIpc) is 2.68. The van der Waals surface area contributed by atoms with Crippen molar-refractivity contribution in [1.29, 1.82) is 0 Å². The Kier molecular flexibility index (Phi) is 6.18. The lowest BCUT2D eigenvalue weighted by molar-refractivity contribution is -0.119. The highest BCUT2D eigenvalue weighted by molar-refractivity contribution is 6.29. The number of nitrogens with zero attached hydrogens (tertiary/aromatic N) is 1. The number of pyridine rings is 1. The number of rotatable bonds is 6. The summed E-state index contributed by atoms with van der Waals surface area (Å²) in [5, 5.41) is 2.98. The second-order valence-corrected chi connectivity index (χ2v) is 6.20. The van der Waals surface area contributed by atoms with Crippen molar-refractivity contribution in [1.82, 2.24) is 4.98 Å². The molecule has 2 aromatic carbocycles. The van der Waals surface area contributed by atoms with Crippen LogP contribution in [0.4, 0.5) is 5.69 Å². The van der Waals surface area contributed by atoms with E-state index >= 15 is 0 Å². The number of aromatic nitrogens is 1. The van der Waals surface area contributed by atoms with E-state index in [-0.39, 0.29) is 10.7 Å². The summed E-state index contributed by atoms with van der Waals surface area (Å²) in [4.78, 5) is 28.0. The molecule has 0 fully saturated rings. The van der Waals surface area contributed by atoms with Crippen molar-refractivity contribution in [2.45, 2.75) is 6.42 Å². The molecule has 0 unspecified atom stereocenters. The minimum atomic E-state index is -0.632. The first kappa shape index (κ1) is 18.6. The van der Waals surface area contributed by atoms with E-state index in [1.807, 2.05) is 54.6 Å². The monoisotopic (exact) mass is 380 g/mol. The van der Waals surface area contributed by atoms with Crippen molar-refractivity contribution >= 4 is 29.2 Å². The fourth-order valence-corrected chi connectivity index (χ4v) is 2.72. The van der Waals surface area contributed by atoms with Gasteiger partial charge in [0.2, 0.25) is 0 Å².